The highest BCUT2D eigenvalue weighted by Gasteiger charge is 2.14. The molecule has 0 spiro atoms. The molecule has 0 aromatic carbocycles. The normalized spacial score (nSPS) is 18.2. The van der Waals surface area contributed by atoms with Crippen LogP contribution in [-0.2, 0) is 9.63 Å². The summed E-state index contributed by atoms with van der Waals surface area (Å²) in [6.07, 6.45) is 3.18. The summed E-state index contributed by atoms with van der Waals surface area (Å²) in [5.41, 5.74) is 0. The van der Waals surface area contributed by atoms with Gasteiger partial charge in [-0.3, -0.25) is 0 Å². The van der Waals surface area contributed by atoms with Crippen molar-refractivity contribution in [2.75, 3.05) is 13.1 Å². The average Bonchev–Trinajstić information content (AvgIpc) is 2.06. The van der Waals surface area contributed by atoms with Gasteiger partial charge in [-0.1, -0.05) is 6.42 Å². The Morgan fingerprint density at radius 1 is 1.42 bits per heavy atom. The lowest BCUT2D eigenvalue weighted by molar-refractivity contribution is -0.193. The van der Waals surface area contributed by atoms with E-state index >= 15 is 0 Å². The summed E-state index contributed by atoms with van der Waals surface area (Å²) in [5, 5.41) is 9.84. The van der Waals surface area contributed by atoms with E-state index in [-0.39, 0.29) is 6.42 Å². The minimum Gasteiger partial charge on any atom is -0.367 e. The number of carbonyl (C=O) groups excluding carboxylic acids is 1. The molecule has 0 aliphatic carbocycles. The van der Waals surface area contributed by atoms with E-state index in [9.17, 15) is 4.79 Å². The second-order valence-electron chi connectivity index (χ2n) is 2.79. The van der Waals surface area contributed by atoms with Crippen LogP contribution < -0.4 is 0 Å². The molecule has 12 heavy (non-hydrogen) atoms. The molecule has 1 aliphatic rings. The molecule has 4 heteroatoms. The average molecular weight is 168 g/mol. The van der Waals surface area contributed by atoms with Crippen molar-refractivity contribution in [2.45, 2.75) is 25.7 Å². The Labute approximate surface area is 71.7 Å². The van der Waals surface area contributed by atoms with Gasteiger partial charge >= 0.3 is 5.97 Å². The van der Waals surface area contributed by atoms with Crippen LogP contribution in [0, 0.1) is 11.3 Å². The van der Waals surface area contributed by atoms with E-state index in [4.69, 9.17) is 10.1 Å². The monoisotopic (exact) mass is 168 g/mol. The Balaban J connectivity index is 2.21. The molecule has 0 bridgehead atoms. The molecule has 0 aromatic heterocycles. The van der Waals surface area contributed by atoms with Crippen LogP contribution in [0.3, 0.4) is 0 Å². The lowest BCUT2D eigenvalue weighted by Gasteiger charge is -2.24. The Bertz CT molecular complexity index is 192. The molecular formula is C8H12N2O2. The number of piperidine rings is 1. The zero-order valence-corrected chi connectivity index (χ0v) is 6.95. The second-order valence-corrected chi connectivity index (χ2v) is 2.79. The lowest BCUT2D eigenvalue weighted by Crippen LogP contribution is -2.32. The molecule has 4 nitrogen and oxygen atoms in total. The standard InChI is InChI=1S/C8H12N2O2/c9-5-4-8(11)12-10-6-2-1-3-7-10/h1-4,6-7H2. The summed E-state index contributed by atoms with van der Waals surface area (Å²) < 4.78 is 0. The Morgan fingerprint density at radius 3 is 2.67 bits per heavy atom. The smallest absolute Gasteiger partial charge is 0.339 e. The summed E-state index contributed by atoms with van der Waals surface area (Å²) >= 11 is 0. The predicted molar refractivity (Wildman–Crippen MR) is 41.7 cm³/mol. The van der Waals surface area contributed by atoms with Gasteiger partial charge in [-0.2, -0.15) is 5.26 Å². The van der Waals surface area contributed by atoms with Crippen molar-refractivity contribution in [3.63, 3.8) is 0 Å². The van der Waals surface area contributed by atoms with Gasteiger partial charge in [0, 0.05) is 13.1 Å². The first-order valence-corrected chi connectivity index (χ1v) is 4.15. The van der Waals surface area contributed by atoms with Crippen molar-refractivity contribution in [3.8, 4) is 6.07 Å². The summed E-state index contributed by atoms with van der Waals surface area (Å²) in [6.45, 7) is 1.61. The third kappa shape index (κ3) is 2.89. The van der Waals surface area contributed by atoms with E-state index in [1.165, 1.54) is 6.42 Å². The van der Waals surface area contributed by atoms with Gasteiger partial charge in [0.25, 0.3) is 0 Å². The first kappa shape index (κ1) is 9.01. The highest BCUT2D eigenvalue weighted by molar-refractivity contribution is 5.71. The van der Waals surface area contributed by atoms with Gasteiger partial charge in [0.1, 0.15) is 6.42 Å². The summed E-state index contributed by atoms with van der Waals surface area (Å²) in [5.74, 6) is -0.445. The number of hydrogen-bond donors (Lipinski definition) is 0. The maximum Gasteiger partial charge on any atom is 0.339 e. The van der Waals surface area contributed by atoms with Gasteiger partial charge in [-0.25, -0.2) is 4.79 Å². The topological polar surface area (TPSA) is 53.3 Å². The molecule has 1 fully saturated rings. The van der Waals surface area contributed by atoms with Crippen LogP contribution in [0.1, 0.15) is 25.7 Å². The van der Waals surface area contributed by atoms with Gasteiger partial charge in [-0.05, 0) is 12.8 Å². The van der Waals surface area contributed by atoms with E-state index in [1.54, 1.807) is 11.1 Å². The van der Waals surface area contributed by atoms with Crippen LogP contribution in [0.15, 0.2) is 0 Å². The molecule has 0 unspecified atom stereocenters. The van der Waals surface area contributed by atoms with E-state index in [2.05, 4.69) is 0 Å². The SMILES string of the molecule is N#CCC(=O)ON1CCCCC1. The van der Waals surface area contributed by atoms with Gasteiger partial charge in [-0.15, -0.1) is 5.06 Å². The van der Waals surface area contributed by atoms with Crippen LogP contribution in [0.4, 0.5) is 0 Å². The Morgan fingerprint density at radius 2 is 2.08 bits per heavy atom. The van der Waals surface area contributed by atoms with Crippen molar-refractivity contribution in [2.24, 2.45) is 0 Å². The number of carbonyl (C=O) groups is 1. The van der Waals surface area contributed by atoms with Crippen LogP contribution in [-0.4, -0.2) is 24.1 Å². The number of hydroxylamine groups is 2. The minimum absolute atomic E-state index is 0.156. The van der Waals surface area contributed by atoms with Crippen LogP contribution in [0.5, 0.6) is 0 Å². The molecule has 1 aliphatic heterocycles. The number of hydrogen-bond acceptors (Lipinski definition) is 4. The lowest BCUT2D eigenvalue weighted by atomic mass is 10.2. The molecule has 1 saturated heterocycles. The minimum atomic E-state index is -0.445. The molecule has 0 radical (unpaired) electrons. The van der Waals surface area contributed by atoms with Crippen molar-refractivity contribution < 1.29 is 9.63 Å². The molecule has 0 amide bonds. The number of rotatable bonds is 2. The summed E-state index contributed by atoms with van der Waals surface area (Å²) in [4.78, 5) is 15.7. The third-order valence-corrected chi connectivity index (χ3v) is 1.77. The first-order valence-electron chi connectivity index (χ1n) is 4.15. The van der Waals surface area contributed by atoms with Crippen molar-refractivity contribution in [3.05, 3.63) is 0 Å². The van der Waals surface area contributed by atoms with Crippen LogP contribution in [0.2, 0.25) is 0 Å². The molecule has 0 atom stereocenters. The molecule has 0 aromatic rings. The molecule has 0 N–H and O–H groups in total. The van der Waals surface area contributed by atoms with E-state index in [0.29, 0.717) is 0 Å². The molecule has 1 heterocycles. The summed E-state index contributed by atoms with van der Waals surface area (Å²) in [7, 11) is 0. The van der Waals surface area contributed by atoms with E-state index < -0.39 is 5.97 Å². The maximum absolute atomic E-state index is 10.8. The van der Waals surface area contributed by atoms with Crippen LogP contribution >= 0.6 is 0 Å². The fourth-order valence-electron chi connectivity index (χ4n) is 1.20. The highest BCUT2D eigenvalue weighted by Crippen LogP contribution is 2.08. The zero-order chi connectivity index (χ0) is 8.81. The number of nitrogens with zero attached hydrogens (tertiary/aromatic N) is 2. The molecular weight excluding hydrogens is 156 g/mol. The fraction of sp³-hybridized carbons (Fsp3) is 0.750. The molecule has 66 valence electrons. The highest BCUT2D eigenvalue weighted by atomic mass is 16.7. The quantitative estimate of drug-likeness (QED) is 0.613. The van der Waals surface area contributed by atoms with E-state index in [0.717, 1.165) is 25.9 Å². The Kier molecular flexibility index (Phi) is 3.55. The van der Waals surface area contributed by atoms with Gasteiger partial charge in [0.2, 0.25) is 0 Å². The largest absolute Gasteiger partial charge is 0.367 e. The van der Waals surface area contributed by atoms with Gasteiger partial charge in [0.15, 0.2) is 0 Å². The van der Waals surface area contributed by atoms with Gasteiger partial charge in [0.05, 0.1) is 6.07 Å². The third-order valence-electron chi connectivity index (χ3n) is 1.77. The van der Waals surface area contributed by atoms with Crippen LogP contribution in [0.25, 0.3) is 0 Å². The molecule has 0 saturated carbocycles. The van der Waals surface area contributed by atoms with Crippen molar-refractivity contribution in [1.29, 1.82) is 5.26 Å². The number of nitriles is 1. The first-order chi connectivity index (χ1) is 5.83. The second kappa shape index (κ2) is 4.73. The van der Waals surface area contributed by atoms with Crippen molar-refractivity contribution in [1.82, 2.24) is 5.06 Å². The van der Waals surface area contributed by atoms with Gasteiger partial charge < -0.3 is 4.84 Å². The predicted octanol–water partition coefficient (Wildman–Crippen LogP) is 0.844. The Hall–Kier alpha value is -1.08. The van der Waals surface area contributed by atoms with Crippen molar-refractivity contribution >= 4 is 5.97 Å². The fourth-order valence-corrected chi connectivity index (χ4v) is 1.20. The zero-order valence-electron chi connectivity index (χ0n) is 6.95. The molecule has 1 rings (SSSR count). The maximum atomic E-state index is 10.8. The summed E-state index contributed by atoms with van der Waals surface area (Å²) in [6, 6.07) is 1.76. The van der Waals surface area contributed by atoms with E-state index in [1.807, 2.05) is 0 Å².